The van der Waals surface area contributed by atoms with E-state index in [1.807, 2.05) is 6.07 Å². The predicted octanol–water partition coefficient (Wildman–Crippen LogP) is 2.24. The van der Waals surface area contributed by atoms with Gasteiger partial charge in [0.15, 0.2) is 0 Å². The number of rotatable bonds is 0. The summed E-state index contributed by atoms with van der Waals surface area (Å²) in [5.74, 6) is 0. The Morgan fingerprint density at radius 3 is 2.92 bits per heavy atom. The van der Waals surface area contributed by atoms with E-state index in [9.17, 15) is 0 Å². The number of hydrogen-bond donors (Lipinski definition) is 1. The zero-order valence-corrected chi connectivity index (χ0v) is 7.59. The first-order valence-electron chi connectivity index (χ1n) is 4.26. The van der Waals surface area contributed by atoms with Crippen LogP contribution in [0.15, 0.2) is 24.3 Å². The molecule has 0 unspecified atom stereocenters. The molecule has 2 rings (SSSR count). The zero-order chi connectivity index (χ0) is 8.55. The topological polar surface area (TPSA) is 26.0 Å². The van der Waals surface area contributed by atoms with Crippen LogP contribution in [0.5, 0.6) is 0 Å². The van der Waals surface area contributed by atoms with Crippen LogP contribution in [0.1, 0.15) is 23.6 Å². The van der Waals surface area contributed by atoms with Crippen LogP contribution in [-0.4, -0.2) is 5.38 Å². The molecule has 1 aromatic carbocycles. The number of alkyl halides is 1. The van der Waals surface area contributed by atoms with Crippen molar-refractivity contribution in [2.45, 2.75) is 24.3 Å². The van der Waals surface area contributed by atoms with Crippen molar-refractivity contribution in [1.82, 2.24) is 0 Å². The van der Waals surface area contributed by atoms with Crippen LogP contribution in [0, 0.1) is 0 Å². The average Bonchev–Trinajstić information content (AvgIpc) is 2.12. The molecule has 0 aromatic heterocycles. The van der Waals surface area contributed by atoms with Gasteiger partial charge in [0.05, 0.1) is 5.38 Å². The van der Waals surface area contributed by atoms with Crippen molar-refractivity contribution >= 4 is 11.6 Å². The van der Waals surface area contributed by atoms with Gasteiger partial charge >= 0.3 is 0 Å². The summed E-state index contributed by atoms with van der Waals surface area (Å²) in [4.78, 5) is 0. The van der Waals surface area contributed by atoms with Crippen molar-refractivity contribution < 1.29 is 0 Å². The molecule has 1 aromatic rings. The van der Waals surface area contributed by atoms with Crippen LogP contribution < -0.4 is 5.73 Å². The first-order valence-corrected chi connectivity index (χ1v) is 4.70. The van der Waals surface area contributed by atoms with E-state index >= 15 is 0 Å². The molecule has 2 N–H and O–H groups in total. The Bertz CT molecular complexity index is 285. The standard InChI is InChI=1S/C10H12ClN/c11-9-6-5-7-3-1-2-4-8(7)10(9)12/h1-4,9-10H,5-6,12H2/t9-,10+/m0/s1. The van der Waals surface area contributed by atoms with Gasteiger partial charge in [0, 0.05) is 6.04 Å². The molecule has 0 heterocycles. The molecule has 1 aliphatic rings. The van der Waals surface area contributed by atoms with Gasteiger partial charge in [0.1, 0.15) is 0 Å². The van der Waals surface area contributed by atoms with Gasteiger partial charge in [-0.3, -0.25) is 0 Å². The summed E-state index contributed by atoms with van der Waals surface area (Å²) < 4.78 is 0. The number of halogens is 1. The van der Waals surface area contributed by atoms with Gasteiger partial charge in [-0.15, -0.1) is 11.6 Å². The fraction of sp³-hybridized carbons (Fsp3) is 0.400. The van der Waals surface area contributed by atoms with E-state index in [0.29, 0.717) is 0 Å². The van der Waals surface area contributed by atoms with Gasteiger partial charge in [0.25, 0.3) is 0 Å². The highest BCUT2D eigenvalue weighted by molar-refractivity contribution is 6.21. The maximum atomic E-state index is 6.07. The average molecular weight is 182 g/mol. The fourth-order valence-corrected chi connectivity index (χ4v) is 2.00. The van der Waals surface area contributed by atoms with Crippen molar-refractivity contribution in [1.29, 1.82) is 0 Å². The van der Waals surface area contributed by atoms with Crippen molar-refractivity contribution in [3.8, 4) is 0 Å². The summed E-state index contributed by atoms with van der Waals surface area (Å²) in [5.41, 5.74) is 8.55. The van der Waals surface area contributed by atoms with E-state index in [1.165, 1.54) is 11.1 Å². The van der Waals surface area contributed by atoms with Gasteiger partial charge in [0.2, 0.25) is 0 Å². The first-order chi connectivity index (χ1) is 5.79. The number of fused-ring (bicyclic) bond motifs is 1. The van der Waals surface area contributed by atoms with Gasteiger partial charge < -0.3 is 5.73 Å². The molecule has 0 saturated heterocycles. The lowest BCUT2D eigenvalue weighted by Gasteiger charge is -2.26. The molecule has 0 fully saturated rings. The molecule has 1 nitrogen and oxygen atoms in total. The lowest BCUT2D eigenvalue weighted by atomic mass is 9.88. The second kappa shape index (κ2) is 3.08. The van der Waals surface area contributed by atoms with E-state index in [4.69, 9.17) is 17.3 Å². The minimum Gasteiger partial charge on any atom is -0.323 e. The predicted molar refractivity (Wildman–Crippen MR) is 51.3 cm³/mol. The largest absolute Gasteiger partial charge is 0.323 e. The molecule has 2 heteroatoms. The van der Waals surface area contributed by atoms with Crippen LogP contribution in [-0.2, 0) is 6.42 Å². The maximum absolute atomic E-state index is 6.07. The van der Waals surface area contributed by atoms with Crippen molar-refractivity contribution in [3.63, 3.8) is 0 Å². The normalized spacial score (nSPS) is 28.2. The molecule has 1 aliphatic carbocycles. The number of aryl methyl sites for hydroxylation is 1. The lowest BCUT2D eigenvalue weighted by Crippen LogP contribution is -2.27. The van der Waals surface area contributed by atoms with Crippen LogP contribution in [0.25, 0.3) is 0 Å². The van der Waals surface area contributed by atoms with Crippen molar-refractivity contribution in [3.05, 3.63) is 35.4 Å². The third kappa shape index (κ3) is 1.23. The van der Waals surface area contributed by atoms with Crippen LogP contribution in [0.2, 0.25) is 0 Å². The highest BCUT2D eigenvalue weighted by Crippen LogP contribution is 2.30. The van der Waals surface area contributed by atoms with Gasteiger partial charge in [-0.05, 0) is 24.0 Å². The molecule has 2 atom stereocenters. The van der Waals surface area contributed by atoms with E-state index in [0.717, 1.165) is 12.8 Å². The lowest BCUT2D eigenvalue weighted by molar-refractivity contribution is 0.579. The van der Waals surface area contributed by atoms with Crippen LogP contribution in [0.4, 0.5) is 0 Å². The van der Waals surface area contributed by atoms with E-state index in [2.05, 4.69) is 18.2 Å². The molecule has 0 radical (unpaired) electrons. The van der Waals surface area contributed by atoms with Gasteiger partial charge in [-0.1, -0.05) is 24.3 Å². The smallest absolute Gasteiger partial charge is 0.0532 e. The minimum absolute atomic E-state index is 0.0246. The second-order valence-electron chi connectivity index (χ2n) is 3.28. The zero-order valence-electron chi connectivity index (χ0n) is 6.83. The summed E-state index contributed by atoms with van der Waals surface area (Å²) in [6, 6.07) is 8.32. The Kier molecular flexibility index (Phi) is 2.07. The van der Waals surface area contributed by atoms with Crippen LogP contribution >= 0.6 is 11.6 Å². The van der Waals surface area contributed by atoms with E-state index < -0.39 is 0 Å². The summed E-state index contributed by atoms with van der Waals surface area (Å²) in [7, 11) is 0. The molecule has 0 spiro atoms. The Labute approximate surface area is 77.5 Å². The first kappa shape index (κ1) is 8.09. The maximum Gasteiger partial charge on any atom is 0.0532 e. The second-order valence-corrected chi connectivity index (χ2v) is 3.84. The highest BCUT2D eigenvalue weighted by atomic mass is 35.5. The summed E-state index contributed by atoms with van der Waals surface area (Å²) in [6.45, 7) is 0. The SMILES string of the molecule is N[C@@H]1c2ccccc2CC[C@@H]1Cl. The minimum atomic E-state index is 0.0246. The molecular weight excluding hydrogens is 170 g/mol. The summed E-state index contributed by atoms with van der Waals surface area (Å²) in [6.07, 6.45) is 2.07. The Hall–Kier alpha value is -0.530. The van der Waals surface area contributed by atoms with Crippen LogP contribution in [0.3, 0.4) is 0 Å². The molecule has 0 saturated carbocycles. The van der Waals surface area contributed by atoms with E-state index in [1.54, 1.807) is 0 Å². The van der Waals surface area contributed by atoms with E-state index in [-0.39, 0.29) is 11.4 Å². The molecule has 12 heavy (non-hydrogen) atoms. The van der Waals surface area contributed by atoms with Gasteiger partial charge in [-0.2, -0.15) is 0 Å². The monoisotopic (exact) mass is 181 g/mol. The number of benzene rings is 1. The van der Waals surface area contributed by atoms with Gasteiger partial charge in [-0.25, -0.2) is 0 Å². The van der Waals surface area contributed by atoms with Crippen molar-refractivity contribution in [2.24, 2.45) is 5.73 Å². The fourth-order valence-electron chi connectivity index (χ4n) is 1.75. The Balaban J connectivity index is 2.42. The molecule has 0 bridgehead atoms. The molecule has 0 aliphatic heterocycles. The summed E-state index contributed by atoms with van der Waals surface area (Å²) in [5, 5.41) is 0.111. The van der Waals surface area contributed by atoms with Crippen molar-refractivity contribution in [2.75, 3.05) is 0 Å². The molecule has 0 amide bonds. The number of nitrogens with two attached hydrogens (primary N) is 1. The third-order valence-electron chi connectivity index (χ3n) is 2.49. The Morgan fingerprint density at radius 1 is 1.33 bits per heavy atom. The quantitative estimate of drug-likeness (QED) is 0.611. The highest BCUT2D eigenvalue weighted by Gasteiger charge is 2.23. The third-order valence-corrected chi connectivity index (χ3v) is 2.98. The Morgan fingerprint density at radius 2 is 2.08 bits per heavy atom. The number of hydrogen-bond acceptors (Lipinski definition) is 1. The molecular formula is C10H12ClN. The molecule has 64 valence electrons. The summed E-state index contributed by atoms with van der Waals surface area (Å²) >= 11 is 6.07.